The first-order valence-electron chi connectivity index (χ1n) is 7.99. The molecule has 0 aliphatic carbocycles. The van der Waals surface area contributed by atoms with Gasteiger partial charge in [-0.3, -0.25) is 0 Å². The molecule has 1 heterocycles. The summed E-state index contributed by atoms with van der Waals surface area (Å²) in [7, 11) is 1.58. The number of benzene rings is 2. The zero-order chi connectivity index (χ0) is 19.4. The molecule has 1 atom stereocenters. The van der Waals surface area contributed by atoms with Crippen LogP contribution in [-0.2, 0) is 5.75 Å². The minimum atomic E-state index is -1.18. The maximum atomic E-state index is 14.4. The molecule has 0 saturated heterocycles. The molecule has 0 amide bonds. The second kappa shape index (κ2) is 8.80. The summed E-state index contributed by atoms with van der Waals surface area (Å²) in [6.07, 6.45) is 1.53. The summed E-state index contributed by atoms with van der Waals surface area (Å²) < 4.78 is 48.3. The first-order chi connectivity index (χ1) is 13.0. The van der Waals surface area contributed by atoms with Crippen LogP contribution in [-0.4, -0.2) is 12.1 Å². The SMILES string of the molecule is COc1ccc(CSC(c2ccc(Br)nc2)c2c(F)ccc(F)c2F)cc1. The molecule has 1 aromatic heterocycles. The third-order valence-electron chi connectivity index (χ3n) is 3.97. The Kier molecular flexibility index (Phi) is 6.44. The molecular formula is C20H15BrF3NOS. The number of methoxy groups -OCH3 is 1. The number of rotatable bonds is 6. The molecule has 7 heteroatoms. The Morgan fingerprint density at radius 3 is 2.33 bits per heavy atom. The van der Waals surface area contributed by atoms with E-state index in [1.54, 1.807) is 19.2 Å². The smallest absolute Gasteiger partial charge is 0.166 e. The van der Waals surface area contributed by atoms with Crippen LogP contribution >= 0.6 is 27.7 Å². The van der Waals surface area contributed by atoms with E-state index in [2.05, 4.69) is 20.9 Å². The van der Waals surface area contributed by atoms with Gasteiger partial charge in [-0.25, -0.2) is 18.2 Å². The summed E-state index contributed by atoms with van der Waals surface area (Å²) in [5.74, 6) is -1.85. The van der Waals surface area contributed by atoms with Gasteiger partial charge >= 0.3 is 0 Å². The van der Waals surface area contributed by atoms with Gasteiger partial charge in [-0.15, -0.1) is 11.8 Å². The maximum Gasteiger partial charge on any atom is 0.166 e. The summed E-state index contributed by atoms with van der Waals surface area (Å²) in [5.41, 5.74) is 1.23. The van der Waals surface area contributed by atoms with Crippen molar-refractivity contribution in [2.75, 3.05) is 7.11 Å². The van der Waals surface area contributed by atoms with E-state index in [1.165, 1.54) is 18.0 Å². The second-order valence-corrected chi connectivity index (χ2v) is 7.62. The molecule has 0 aliphatic rings. The average Bonchev–Trinajstić information content (AvgIpc) is 2.69. The van der Waals surface area contributed by atoms with Crippen molar-refractivity contribution in [3.8, 4) is 5.75 Å². The highest BCUT2D eigenvalue weighted by Gasteiger charge is 2.25. The topological polar surface area (TPSA) is 22.1 Å². The van der Waals surface area contributed by atoms with Gasteiger partial charge in [0.1, 0.15) is 16.2 Å². The number of ether oxygens (including phenoxy) is 1. The largest absolute Gasteiger partial charge is 0.497 e. The number of nitrogens with zero attached hydrogens (tertiary/aromatic N) is 1. The van der Waals surface area contributed by atoms with Gasteiger partial charge in [0.15, 0.2) is 11.6 Å². The van der Waals surface area contributed by atoms with Crippen LogP contribution in [0.3, 0.4) is 0 Å². The Hall–Kier alpha value is -1.99. The van der Waals surface area contributed by atoms with Crippen molar-refractivity contribution in [1.82, 2.24) is 4.98 Å². The van der Waals surface area contributed by atoms with Gasteiger partial charge in [0.2, 0.25) is 0 Å². The van der Waals surface area contributed by atoms with Crippen molar-refractivity contribution in [2.45, 2.75) is 11.0 Å². The lowest BCUT2D eigenvalue weighted by molar-refractivity contribution is 0.414. The molecule has 140 valence electrons. The highest BCUT2D eigenvalue weighted by atomic mass is 79.9. The summed E-state index contributed by atoms with van der Waals surface area (Å²) in [5, 5.41) is -0.747. The number of aromatic nitrogens is 1. The van der Waals surface area contributed by atoms with Crippen molar-refractivity contribution >= 4 is 27.7 Å². The van der Waals surface area contributed by atoms with Crippen LogP contribution in [0.4, 0.5) is 13.2 Å². The van der Waals surface area contributed by atoms with Gasteiger partial charge in [-0.1, -0.05) is 18.2 Å². The fourth-order valence-electron chi connectivity index (χ4n) is 2.57. The van der Waals surface area contributed by atoms with E-state index in [1.807, 2.05) is 24.3 Å². The van der Waals surface area contributed by atoms with Gasteiger partial charge in [0.05, 0.1) is 12.4 Å². The predicted molar refractivity (Wildman–Crippen MR) is 104 cm³/mol. The van der Waals surface area contributed by atoms with Crippen molar-refractivity contribution < 1.29 is 17.9 Å². The third-order valence-corrected chi connectivity index (χ3v) is 5.78. The lowest BCUT2D eigenvalue weighted by atomic mass is 10.0. The first-order valence-corrected chi connectivity index (χ1v) is 9.83. The Balaban J connectivity index is 1.95. The average molecular weight is 454 g/mol. The van der Waals surface area contributed by atoms with E-state index >= 15 is 0 Å². The quantitative estimate of drug-likeness (QED) is 0.323. The van der Waals surface area contributed by atoms with Crippen LogP contribution in [0, 0.1) is 17.5 Å². The van der Waals surface area contributed by atoms with E-state index in [0.29, 0.717) is 15.9 Å². The summed E-state index contributed by atoms with van der Waals surface area (Å²) in [6, 6.07) is 12.5. The highest BCUT2D eigenvalue weighted by molar-refractivity contribution is 9.10. The van der Waals surface area contributed by atoms with Gasteiger partial charge in [0.25, 0.3) is 0 Å². The maximum absolute atomic E-state index is 14.4. The highest BCUT2D eigenvalue weighted by Crippen LogP contribution is 2.40. The molecule has 3 aromatic rings. The molecule has 0 spiro atoms. The molecule has 0 saturated carbocycles. The third kappa shape index (κ3) is 4.65. The van der Waals surface area contributed by atoms with E-state index in [4.69, 9.17) is 4.74 Å². The molecule has 0 fully saturated rings. The van der Waals surface area contributed by atoms with Gasteiger partial charge in [0, 0.05) is 17.5 Å². The molecule has 2 nitrogen and oxygen atoms in total. The van der Waals surface area contributed by atoms with E-state index in [9.17, 15) is 13.2 Å². The summed E-state index contributed by atoms with van der Waals surface area (Å²) >= 11 is 4.54. The molecule has 0 aliphatic heterocycles. The Morgan fingerprint density at radius 1 is 1.00 bits per heavy atom. The number of hydrogen-bond donors (Lipinski definition) is 0. The van der Waals surface area contributed by atoms with Crippen LogP contribution in [0.2, 0.25) is 0 Å². The molecule has 3 rings (SSSR count). The minimum Gasteiger partial charge on any atom is -0.497 e. The molecule has 0 bridgehead atoms. The van der Waals surface area contributed by atoms with Crippen molar-refractivity contribution in [1.29, 1.82) is 0 Å². The number of hydrogen-bond acceptors (Lipinski definition) is 3. The van der Waals surface area contributed by atoms with Crippen LogP contribution in [0.1, 0.15) is 21.9 Å². The lowest BCUT2D eigenvalue weighted by Crippen LogP contribution is -2.06. The summed E-state index contributed by atoms with van der Waals surface area (Å²) in [4.78, 5) is 4.13. The number of thioether (sulfide) groups is 1. The lowest BCUT2D eigenvalue weighted by Gasteiger charge is -2.19. The fraction of sp³-hybridized carbons (Fsp3) is 0.150. The second-order valence-electron chi connectivity index (χ2n) is 5.71. The van der Waals surface area contributed by atoms with Crippen molar-refractivity contribution in [3.63, 3.8) is 0 Å². The van der Waals surface area contributed by atoms with Gasteiger partial charge < -0.3 is 4.74 Å². The van der Waals surface area contributed by atoms with E-state index in [-0.39, 0.29) is 5.56 Å². The zero-order valence-electron chi connectivity index (χ0n) is 14.3. The Morgan fingerprint density at radius 2 is 1.70 bits per heavy atom. The monoisotopic (exact) mass is 453 g/mol. The predicted octanol–water partition coefficient (Wildman–Crippen LogP) is 6.29. The van der Waals surface area contributed by atoms with Crippen LogP contribution < -0.4 is 4.74 Å². The first kappa shape index (κ1) is 19.8. The minimum absolute atomic E-state index is 0.308. The van der Waals surface area contributed by atoms with Gasteiger partial charge in [-0.05, 0) is 57.4 Å². The molecule has 2 aromatic carbocycles. The standard InChI is InChI=1S/C20H15BrF3NOS/c1-26-14-5-2-12(3-6-14)11-27-20(13-4-9-17(21)25-10-13)18-15(22)7-8-16(23)19(18)24/h2-10,20H,11H2,1H3. The van der Waals surface area contributed by atoms with Crippen molar-refractivity contribution in [3.05, 3.63) is 93.5 Å². The van der Waals surface area contributed by atoms with Crippen molar-refractivity contribution in [2.24, 2.45) is 0 Å². The number of halogens is 4. The Bertz CT molecular complexity index is 920. The van der Waals surface area contributed by atoms with E-state index in [0.717, 1.165) is 23.4 Å². The van der Waals surface area contributed by atoms with E-state index < -0.39 is 22.7 Å². The molecule has 0 N–H and O–H groups in total. The van der Waals surface area contributed by atoms with Crippen LogP contribution in [0.5, 0.6) is 5.75 Å². The Labute approximate surface area is 167 Å². The molecular weight excluding hydrogens is 439 g/mol. The van der Waals surface area contributed by atoms with Gasteiger partial charge in [-0.2, -0.15) is 0 Å². The fourth-order valence-corrected chi connectivity index (χ4v) is 4.07. The summed E-state index contributed by atoms with van der Waals surface area (Å²) in [6.45, 7) is 0. The van der Waals surface area contributed by atoms with Crippen LogP contribution in [0.25, 0.3) is 0 Å². The molecule has 0 radical (unpaired) electrons. The molecule has 1 unspecified atom stereocenters. The zero-order valence-corrected chi connectivity index (χ0v) is 16.7. The molecule has 27 heavy (non-hydrogen) atoms. The normalized spacial score (nSPS) is 12.0. The number of pyridine rings is 1. The van der Waals surface area contributed by atoms with Crippen LogP contribution in [0.15, 0.2) is 59.3 Å².